The number of para-hydroxylation sites is 1. The molecule has 0 N–H and O–H groups in total. The van der Waals surface area contributed by atoms with Crippen molar-refractivity contribution in [2.75, 3.05) is 12.8 Å². The van der Waals surface area contributed by atoms with Gasteiger partial charge in [0, 0.05) is 41.6 Å². The van der Waals surface area contributed by atoms with Crippen LogP contribution in [0.4, 0.5) is 0 Å². The summed E-state index contributed by atoms with van der Waals surface area (Å²) in [5.41, 5.74) is 4.63. The molecule has 0 fully saturated rings. The first-order valence-corrected chi connectivity index (χ1v) is 10.4. The summed E-state index contributed by atoms with van der Waals surface area (Å²) >= 11 is 0. The summed E-state index contributed by atoms with van der Waals surface area (Å²) in [7, 11) is -3.37. The van der Waals surface area contributed by atoms with Gasteiger partial charge in [0.2, 0.25) is 10.0 Å². The van der Waals surface area contributed by atoms with E-state index in [4.69, 9.17) is 4.99 Å². The Kier molecular flexibility index (Phi) is 7.04. The molecular weight excluding hydrogens is 417 g/mol. The van der Waals surface area contributed by atoms with E-state index in [-0.39, 0.29) is 24.8 Å². The van der Waals surface area contributed by atoms with Crippen LogP contribution in [0.1, 0.15) is 24.0 Å². The number of aromatic nitrogens is 2. The molecule has 0 saturated heterocycles. The largest absolute Gasteiger partial charge is 0.284 e. The van der Waals surface area contributed by atoms with Crippen LogP contribution in [-0.2, 0) is 10.0 Å². The van der Waals surface area contributed by atoms with Gasteiger partial charge >= 0.3 is 0 Å². The molecule has 1 aliphatic rings. The van der Waals surface area contributed by atoms with Crippen molar-refractivity contribution in [2.24, 2.45) is 4.99 Å². The first-order chi connectivity index (χ1) is 12.5. The van der Waals surface area contributed by atoms with E-state index in [1.54, 1.807) is 12.4 Å². The van der Waals surface area contributed by atoms with Gasteiger partial charge in [-0.15, -0.1) is 24.8 Å². The average molecular weight is 438 g/mol. The van der Waals surface area contributed by atoms with Crippen molar-refractivity contribution in [3.05, 3.63) is 71.7 Å². The Labute approximate surface area is 177 Å². The Hall–Kier alpha value is -2.15. The number of allylic oxidation sites excluding steroid dienone is 1. The number of benzene rings is 1. The molecule has 2 aromatic heterocycles. The second-order valence-corrected chi connectivity index (χ2v) is 8.26. The quantitative estimate of drug-likeness (QED) is 0.611. The lowest BCUT2D eigenvalue weighted by Gasteiger charge is -2.16. The molecule has 5 nitrogen and oxygen atoms in total. The minimum absolute atomic E-state index is 0. The Morgan fingerprint density at radius 2 is 1.89 bits per heavy atom. The molecule has 0 aliphatic carbocycles. The molecule has 8 heteroatoms. The fourth-order valence-corrected chi connectivity index (χ4v) is 4.17. The Bertz CT molecular complexity index is 1140. The van der Waals surface area contributed by atoms with Gasteiger partial charge in [0.15, 0.2) is 0 Å². The number of pyridine rings is 1. The van der Waals surface area contributed by atoms with Crippen LogP contribution < -0.4 is 0 Å². The highest BCUT2D eigenvalue weighted by molar-refractivity contribution is 7.89. The second-order valence-electron chi connectivity index (χ2n) is 6.41. The number of nitrogens with zero attached hydrogens (tertiary/aromatic N) is 3. The van der Waals surface area contributed by atoms with E-state index >= 15 is 0 Å². The topological polar surface area (TPSA) is 64.3 Å². The van der Waals surface area contributed by atoms with Crippen LogP contribution in [-0.4, -0.2) is 35.9 Å². The molecule has 0 bridgehead atoms. The number of halogens is 2. The average Bonchev–Trinajstić information content (AvgIpc) is 3.02. The van der Waals surface area contributed by atoms with Crippen LogP contribution in [0.5, 0.6) is 0 Å². The summed E-state index contributed by atoms with van der Waals surface area (Å²) in [6, 6.07) is 11.5. The molecule has 0 unspecified atom stereocenters. The van der Waals surface area contributed by atoms with Crippen molar-refractivity contribution in [1.29, 1.82) is 0 Å². The van der Waals surface area contributed by atoms with Crippen molar-refractivity contribution in [3.63, 3.8) is 0 Å². The smallest absolute Gasteiger partial charge is 0.236 e. The lowest BCUT2D eigenvalue weighted by atomic mass is 9.95. The van der Waals surface area contributed by atoms with E-state index < -0.39 is 10.0 Å². The summed E-state index contributed by atoms with van der Waals surface area (Å²) in [4.78, 5) is 8.89. The molecule has 3 heterocycles. The van der Waals surface area contributed by atoms with E-state index in [1.165, 1.54) is 10.2 Å². The van der Waals surface area contributed by atoms with Crippen molar-refractivity contribution < 1.29 is 8.42 Å². The molecule has 0 spiro atoms. The first-order valence-electron chi connectivity index (χ1n) is 8.50. The fourth-order valence-electron chi connectivity index (χ4n) is 3.35. The molecule has 148 valence electrons. The van der Waals surface area contributed by atoms with Crippen LogP contribution in [0, 0.1) is 0 Å². The van der Waals surface area contributed by atoms with Crippen molar-refractivity contribution >= 4 is 57.5 Å². The molecular formula is C20H21Cl2N3O2S. The standard InChI is InChI=1S/C20H19N3O2S.2ClH/c1-26(24,25)23-14-17(18-8-2-3-9-19(18)23)12-15-6-5-11-22-20(15)16-7-4-10-21-13-16;;/h2-4,7-10,12-14H,5-6,11H2,1H3;2*1H/b15-12+;;. The molecule has 3 aromatic rings. The van der Waals surface area contributed by atoms with Crippen LogP contribution in [0.15, 0.2) is 65.6 Å². The maximum absolute atomic E-state index is 12.1. The Balaban J connectivity index is 0.00000140. The number of hydrogen-bond acceptors (Lipinski definition) is 4. The summed E-state index contributed by atoms with van der Waals surface area (Å²) in [6.07, 6.45) is 10.4. The lowest BCUT2D eigenvalue weighted by Crippen LogP contribution is -2.12. The molecule has 0 saturated carbocycles. The van der Waals surface area contributed by atoms with Gasteiger partial charge in [0.05, 0.1) is 17.5 Å². The van der Waals surface area contributed by atoms with Crippen LogP contribution in [0.3, 0.4) is 0 Å². The van der Waals surface area contributed by atoms with E-state index in [1.807, 2.05) is 42.6 Å². The minimum atomic E-state index is -3.37. The zero-order valence-corrected chi connectivity index (χ0v) is 17.7. The number of hydrogen-bond donors (Lipinski definition) is 0. The van der Waals surface area contributed by atoms with E-state index in [0.29, 0.717) is 5.52 Å². The van der Waals surface area contributed by atoms with Crippen LogP contribution in [0.2, 0.25) is 0 Å². The number of aliphatic imine (C=N–C) groups is 1. The van der Waals surface area contributed by atoms with E-state index in [9.17, 15) is 8.42 Å². The monoisotopic (exact) mass is 437 g/mol. The lowest BCUT2D eigenvalue weighted by molar-refractivity contribution is 0.595. The zero-order valence-electron chi connectivity index (χ0n) is 15.3. The predicted octanol–water partition coefficient (Wildman–Crippen LogP) is 4.35. The molecule has 1 aromatic carbocycles. The summed E-state index contributed by atoms with van der Waals surface area (Å²) in [6.45, 7) is 0.798. The zero-order chi connectivity index (χ0) is 18.1. The maximum atomic E-state index is 12.1. The normalized spacial score (nSPS) is 15.6. The fraction of sp³-hybridized carbons (Fsp3) is 0.200. The third-order valence-corrected chi connectivity index (χ3v) is 5.53. The number of rotatable bonds is 3. The molecule has 4 rings (SSSR count). The Morgan fingerprint density at radius 3 is 2.61 bits per heavy atom. The van der Waals surface area contributed by atoms with Crippen LogP contribution >= 0.6 is 24.8 Å². The van der Waals surface area contributed by atoms with E-state index in [0.717, 1.165) is 47.2 Å². The van der Waals surface area contributed by atoms with Gasteiger partial charge in [0.1, 0.15) is 0 Å². The van der Waals surface area contributed by atoms with Gasteiger partial charge in [-0.05, 0) is 42.7 Å². The second kappa shape index (κ2) is 8.90. The van der Waals surface area contributed by atoms with Gasteiger partial charge in [0.25, 0.3) is 0 Å². The van der Waals surface area contributed by atoms with Crippen LogP contribution in [0.25, 0.3) is 17.0 Å². The SMILES string of the molecule is CS(=O)(=O)n1cc(/C=C2\CCCN=C2c2cccnc2)c2ccccc21.Cl.Cl. The van der Waals surface area contributed by atoms with Crippen molar-refractivity contribution in [3.8, 4) is 0 Å². The molecule has 0 amide bonds. The van der Waals surface area contributed by atoms with Crippen molar-refractivity contribution in [1.82, 2.24) is 8.96 Å². The molecule has 0 atom stereocenters. The maximum Gasteiger partial charge on any atom is 0.236 e. The predicted molar refractivity (Wildman–Crippen MR) is 120 cm³/mol. The van der Waals surface area contributed by atoms with Gasteiger partial charge < -0.3 is 0 Å². The van der Waals surface area contributed by atoms with Gasteiger partial charge in [-0.3, -0.25) is 9.98 Å². The first kappa shape index (κ1) is 22.1. The Morgan fingerprint density at radius 1 is 1.11 bits per heavy atom. The third kappa shape index (κ3) is 4.29. The summed E-state index contributed by atoms with van der Waals surface area (Å²) < 4.78 is 25.6. The summed E-state index contributed by atoms with van der Waals surface area (Å²) in [5.74, 6) is 0. The molecule has 1 aliphatic heterocycles. The van der Waals surface area contributed by atoms with Crippen molar-refractivity contribution in [2.45, 2.75) is 12.8 Å². The highest BCUT2D eigenvalue weighted by Crippen LogP contribution is 2.28. The highest BCUT2D eigenvalue weighted by atomic mass is 35.5. The van der Waals surface area contributed by atoms with Gasteiger partial charge in [-0.1, -0.05) is 18.2 Å². The molecule has 28 heavy (non-hydrogen) atoms. The van der Waals surface area contributed by atoms with Gasteiger partial charge in [-0.25, -0.2) is 12.4 Å². The highest BCUT2D eigenvalue weighted by Gasteiger charge is 2.17. The number of fused-ring (bicyclic) bond motifs is 1. The van der Waals surface area contributed by atoms with Gasteiger partial charge in [-0.2, -0.15) is 0 Å². The summed E-state index contributed by atoms with van der Waals surface area (Å²) in [5, 5.41) is 0.918. The van der Waals surface area contributed by atoms with E-state index in [2.05, 4.69) is 11.1 Å². The minimum Gasteiger partial charge on any atom is -0.284 e. The molecule has 0 radical (unpaired) electrons. The third-order valence-electron chi connectivity index (χ3n) is 4.51.